The largest absolute Gasteiger partial charge is 0.504 e. The van der Waals surface area contributed by atoms with Crippen LogP contribution in [0.1, 0.15) is 15.9 Å². The molecule has 1 amide bonds. The number of hydrogen-bond donors (Lipinski definition) is 3. The van der Waals surface area contributed by atoms with Gasteiger partial charge in [0.1, 0.15) is 0 Å². The number of rotatable bonds is 2. The summed E-state index contributed by atoms with van der Waals surface area (Å²) in [6.45, 7) is 0. The van der Waals surface area contributed by atoms with E-state index in [1.807, 2.05) is 0 Å². The summed E-state index contributed by atoms with van der Waals surface area (Å²) in [5, 5.41) is 20.6. The number of aromatic hydroxyl groups is 2. The summed E-state index contributed by atoms with van der Waals surface area (Å²) in [5.74, 6) is -1.80. The van der Waals surface area contributed by atoms with Crippen LogP contribution in [-0.4, -0.2) is 16.1 Å². The second-order valence-electron chi connectivity index (χ2n) is 4.20. The van der Waals surface area contributed by atoms with Crippen LogP contribution in [0.5, 0.6) is 11.5 Å². The molecule has 110 valence electrons. The van der Waals surface area contributed by atoms with E-state index in [0.717, 1.165) is 24.3 Å². The van der Waals surface area contributed by atoms with E-state index in [1.165, 1.54) is 18.2 Å². The molecule has 21 heavy (non-hydrogen) atoms. The Morgan fingerprint density at radius 3 is 2.29 bits per heavy atom. The molecular formula is C14H10F3NO3. The third kappa shape index (κ3) is 3.25. The predicted molar refractivity (Wildman–Crippen MR) is 69.2 cm³/mol. The Labute approximate surface area is 117 Å². The molecule has 0 unspecified atom stereocenters. The maximum absolute atomic E-state index is 12.8. The fourth-order valence-corrected chi connectivity index (χ4v) is 1.70. The van der Waals surface area contributed by atoms with E-state index in [1.54, 1.807) is 0 Å². The van der Waals surface area contributed by atoms with Crippen molar-refractivity contribution >= 4 is 11.6 Å². The van der Waals surface area contributed by atoms with Crippen LogP contribution in [0, 0.1) is 0 Å². The average molecular weight is 297 g/mol. The molecule has 2 rings (SSSR count). The molecule has 0 saturated heterocycles. The maximum Gasteiger partial charge on any atom is 0.418 e. The van der Waals surface area contributed by atoms with E-state index >= 15 is 0 Å². The van der Waals surface area contributed by atoms with Gasteiger partial charge >= 0.3 is 6.18 Å². The minimum Gasteiger partial charge on any atom is -0.504 e. The number of carbonyl (C=O) groups is 1. The topological polar surface area (TPSA) is 69.6 Å². The third-order valence-electron chi connectivity index (χ3n) is 2.72. The number of carbonyl (C=O) groups excluding carboxylic acids is 1. The molecular weight excluding hydrogens is 287 g/mol. The van der Waals surface area contributed by atoms with Crippen molar-refractivity contribution in [3.8, 4) is 11.5 Å². The first-order valence-corrected chi connectivity index (χ1v) is 5.78. The van der Waals surface area contributed by atoms with Crippen molar-refractivity contribution in [1.29, 1.82) is 0 Å². The van der Waals surface area contributed by atoms with E-state index in [-0.39, 0.29) is 11.3 Å². The number of anilines is 1. The lowest BCUT2D eigenvalue weighted by molar-refractivity contribution is -0.136. The zero-order valence-corrected chi connectivity index (χ0v) is 10.5. The molecule has 2 aromatic rings. The number of hydrogen-bond acceptors (Lipinski definition) is 3. The minimum atomic E-state index is -4.60. The molecule has 0 aliphatic rings. The van der Waals surface area contributed by atoms with Crippen LogP contribution < -0.4 is 5.32 Å². The van der Waals surface area contributed by atoms with E-state index in [0.29, 0.717) is 0 Å². The van der Waals surface area contributed by atoms with Crippen molar-refractivity contribution in [2.75, 3.05) is 5.32 Å². The van der Waals surface area contributed by atoms with Gasteiger partial charge in [-0.1, -0.05) is 12.1 Å². The Balaban J connectivity index is 2.30. The van der Waals surface area contributed by atoms with Crippen LogP contribution >= 0.6 is 0 Å². The summed E-state index contributed by atoms with van der Waals surface area (Å²) >= 11 is 0. The molecule has 0 bridgehead atoms. The van der Waals surface area contributed by atoms with Crippen molar-refractivity contribution in [1.82, 2.24) is 0 Å². The van der Waals surface area contributed by atoms with Gasteiger partial charge in [-0.3, -0.25) is 4.79 Å². The number of benzene rings is 2. The fourth-order valence-electron chi connectivity index (χ4n) is 1.70. The Morgan fingerprint density at radius 2 is 1.67 bits per heavy atom. The molecule has 0 aliphatic heterocycles. The summed E-state index contributed by atoms with van der Waals surface area (Å²) in [5.41, 5.74) is -1.44. The summed E-state index contributed by atoms with van der Waals surface area (Å²) in [4.78, 5) is 11.9. The summed E-state index contributed by atoms with van der Waals surface area (Å²) in [7, 11) is 0. The van der Waals surface area contributed by atoms with Crippen LogP contribution in [-0.2, 0) is 6.18 Å². The summed E-state index contributed by atoms with van der Waals surface area (Å²) < 4.78 is 38.4. The number of alkyl halides is 3. The van der Waals surface area contributed by atoms with Gasteiger partial charge in [-0.25, -0.2) is 0 Å². The molecule has 0 fully saturated rings. The fraction of sp³-hybridized carbons (Fsp3) is 0.0714. The minimum absolute atomic E-state index is 0.0812. The maximum atomic E-state index is 12.8. The first-order chi connectivity index (χ1) is 9.79. The van der Waals surface area contributed by atoms with Gasteiger partial charge in [0.2, 0.25) is 0 Å². The molecule has 2 aromatic carbocycles. The number of para-hydroxylation sites is 1. The number of amides is 1. The third-order valence-corrected chi connectivity index (χ3v) is 2.72. The van der Waals surface area contributed by atoms with E-state index < -0.39 is 29.1 Å². The van der Waals surface area contributed by atoms with Crippen LogP contribution in [0.4, 0.5) is 18.9 Å². The van der Waals surface area contributed by atoms with Gasteiger partial charge < -0.3 is 15.5 Å². The molecule has 0 spiro atoms. The smallest absolute Gasteiger partial charge is 0.418 e. The van der Waals surface area contributed by atoms with Crippen molar-refractivity contribution in [3.63, 3.8) is 0 Å². The molecule has 4 nitrogen and oxygen atoms in total. The SMILES string of the molecule is O=C(Nc1ccccc1C(F)(F)F)c1ccc(O)c(O)c1. The van der Waals surface area contributed by atoms with E-state index in [2.05, 4.69) is 5.32 Å². The van der Waals surface area contributed by atoms with Gasteiger partial charge in [0, 0.05) is 5.56 Å². The molecule has 0 heterocycles. The molecule has 3 N–H and O–H groups in total. The summed E-state index contributed by atoms with van der Waals surface area (Å²) in [6, 6.07) is 7.76. The zero-order valence-electron chi connectivity index (χ0n) is 10.5. The highest BCUT2D eigenvalue weighted by Crippen LogP contribution is 2.35. The Morgan fingerprint density at radius 1 is 1.00 bits per heavy atom. The van der Waals surface area contributed by atoms with Crippen molar-refractivity contribution < 1.29 is 28.2 Å². The predicted octanol–water partition coefficient (Wildman–Crippen LogP) is 3.37. The van der Waals surface area contributed by atoms with Gasteiger partial charge in [-0.05, 0) is 30.3 Å². The Kier molecular flexibility index (Phi) is 3.75. The van der Waals surface area contributed by atoms with Crippen molar-refractivity contribution in [2.45, 2.75) is 6.18 Å². The van der Waals surface area contributed by atoms with E-state index in [9.17, 15) is 23.1 Å². The van der Waals surface area contributed by atoms with Crippen LogP contribution in [0.15, 0.2) is 42.5 Å². The second kappa shape index (κ2) is 5.35. The van der Waals surface area contributed by atoms with Gasteiger partial charge in [0.15, 0.2) is 11.5 Å². The molecule has 7 heteroatoms. The van der Waals surface area contributed by atoms with E-state index in [4.69, 9.17) is 5.11 Å². The Hall–Kier alpha value is -2.70. The second-order valence-corrected chi connectivity index (χ2v) is 4.20. The van der Waals surface area contributed by atoms with Gasteiger partial charge in [-0.15, -0.1) is 0 Å². The zero-order chi connectivity index (χ0) is 15.6. The molecule has 0 aliphatic carbocycles. The highest BCUT2D eigenvalue weighted by molar-refractivity contribution is 6.05. The van der Waals surface area contributed by atoms with Crippen LogP contribution in [0.3, 0.4) is 0 Å². The lowest BCUT2D eigenvalue weighted by Gasteiger charge is -2.13. The first-order valence-electron chi connectivity index (χ1n) is 5.78. The van der Waals surface area contributed by atoms with Gasteiger partial charge in [0.25, 0.3) is 5.91 Å². The van der Waals surface area contributed by atoms with Crippen LogP contribution in [0.25, 0.3) is 0 Å². The van der Waals surface area contributed by atoms with Crippen molar-refractivity contribution in [2.24, 2.45) is 0 Å². The number of halogens is 3. The molecule has 0 saturated carbocycles. The lowest BCUT2D eigenvalue weighted by atomic mass is 10.1. The Bertz CT molecular complexity index is 683. The van der Waals surface area contributed by atoms with Crippen LogP contribution in [0.2, 0.25) is 0 Å². The lowest BCUT2D eigenvalue weighted by Crippen LogP contribution is -2.16. The highest BCUT2D eigenvalue weighted by atomic mass is 19.4. The first kappa shape index (κ1) is 14.7. The number of phenols is 2. The average Bonchev–Trinajstić information content (AvgIpc) is 2.41. The molecule has 0 radical (unpaired) electrons. The number of nitrogens with one attached hydrogen (secondary N) is 1. The molecule has 0 aromatic heterocycles. The standard InChI is InChI=1S/C14H10F3NO3/c15-14(16,17)9-3-1-2-4-10(9)18-13(21)8-5-6-11(19)12(20)7-8/h1-7,19-20H,(H,18,21). The summed E-state index contributed by atoms with van der Waals surface area (Å²) in [6.07, 6.45) is -4.60. The normalized spacial score (nSPS) is 11.2. The molecule has 0 atom stereocenters. The number of phenolic OH excluding ortho intramolecular Hbond substituents is 2. The quantitative estimate of drug-likeness (QED) is 0.744. The van der Waals surface area contributed by atoms with Gasteiger partial charge in [0.05, 0.1) is 11.3 Å². The van der Waals surface area contributed by atoms with Gasteiger partial charge in [-0.2, -0.15) is 13.2 Å². The monoisotopic (exact) mass is 297 g/mol. The highest BCUT2D eigenvalue weighted by Gasteiger charge is 2.33. The van der Waals surface area contributed by atoms with Crippen molar-refractivity contribution in [3.05, 3.63) is 53.6 Å².